The van der Waals surface area contributed by atoms with Crippen LogP contribution in [0.3, 0.4) is 0 Å². The highest BCUT2D eigenvalue weighted by Gasteiger charge is 2.48. The third kappa shape index (κ3) is 3.52. The van der Waals surface area contributed by atoms with E-state index in [1.807, 2.05) is 6.92 Å². The average Bonchev–Trinajstić information content (AvgIpc) is 2.91. The lowest BCUT2D eigenvalue weighted by atomic mass is 9.90. The average molecular weight is 366 g/mol. The van der Waals surface area contributed by atoms with Crippen molar-refractivity contribution in [3.8, 4) is 0 Å². The van der Waals surface area contributed by atoms with Crippen molar-refractivity contribution in [2.45, 2.75) is 51.2 Å². The summed E-state index contributed by atoms with van der Waals surface area (Å²) in [5.41, 5.74) is -0.707. The van der Waals surface area contributed by atoms with E-state index in [2.05, 4.69) is 6.92 Å². The Morgan fingerprint density at radius 3 is 2.62 bits per heavy atom. The van der Waals surface area contributed by atoms with Gasteiger partial charge in [0.05, 0.1) is 12.1 Å². The number of ether oxygens (including phenoxy) is 1. The van der Waals surface area contributed by atoms with Crippen LogP contribution in [0.2, 0.25) is 0 Å². The highest BCUT2D eigenvalue weighted by molar-refractivity contribution is 5.94. The molecule has 2 heterocycles. The Morgan fingerprint density at radius 2 is 2.00 bits per heavy atom. The summed E-state index contributed by atoms with van der Waals surface area (Å²) in [5.74, 6) is -2.03. The van der Waals surface area contributed by atoms with E-state index in [4.69, 9.17) is 4.74 Å². The zero-order valence-corrected chi connectivity index (χ0v) is 15.1. The van der Waals surface area contributed by atoms with Gasteiger partial charge in [-0.1, -0.05) is 13.3 Å². The summed E-state index contributed by atoms with van der Waals surface area (Å²) >= 11 is 0. The first kappa shape index (κ1) is 18.6. The number of hydrogen-bond donors (Lipinski definition) is 0. The van der Waals surface area contributed by atoms with E-state index < -0.39 is 23.1 Å². The van der Waals surface area contributed by atoms with Crippen LogP contribution in [0.4, 0.5) is 13.6 Å². The van der Waals surface area contributed by atoms with E-state index in [1.165, 1.54) is 11.0 Å². The minimum absolute atomic E-state index is 0.125. The van der Waals surface area contributed by atoms with Gasteiger partial charge in [0, 0.05) is 38.0 Å². The molecule has 1 aromatic rings. The monoisotopic (exact) mass is 366 g/mol. The molecule has 0 radical (unpaired) electrons. The number of carbonyl (C=O) groups excluding carboxylic acids is 2. The normalized spacial score (nSPS) is 20.4. The summed E-state index contributed by atoms with van der Waals surface area (Å²) in [7, 11) is 0. The minimum Gasteiger partial charge on any atom is -0.441 e. The van der Waals surface area contributed by atoms with Crippen molar-refractivity contribution >= 4 is 12.0 Å². The molecule has 0 aliphatic carbocycles. The summed E-state index contributed by atoms with van der Waals surface area (Å²) in [6.07, 6.45) is 2.64. The number of nitrogens with zero attached hydrogens (tertiary/aromatic N) is 2. The second kappa shape index (κ2) is 7.21. The van der Waals surface area contributed by atoms with Crippen LogP contribution >= 0.6 is 0 Å². The first-order valence-electron chi connectivity index (χ1n) is 9.09. The molecule has 0 bridgehead atoms. The smallest absolute Gasteiger partial charge is 0.410 e. The van der Waals surface area contributed by atoms with Crippen LogP contribution in [0.15, 0.2) is 18.2 Å². The lowest BCUT2D eigenvalue weighted by Gasteiger charge is -2.37. The second-order valence-corrected chi connectivity index (χ2v) is 7.23. The molecule has 142 valence electrons. The Bertz CT molecular complexity index is 702. The molecule has 26 heavy (non-hydrogen) atoms. The molecule has 0 N–H and O–H groups in total. The molecule has 5 nitrogen and oxygen atoms in total. The van der Waals surface area contributed by atoms with Gasteiger partial charge in [-0.05, 0) is 25.5 Å². The van der Waals surface area contributed by atoms with Gasteiger partial charge in [-0.2, -0.15) is 0 Å². The van der Waals surface area contributed by atoms with E-state index in [0.717, 1.165) is 18.9 Å². The molecule has 0 saturated carbocycles. The molecular weight excluding hydrogens is 342 g/mol. The predicted octanol–water partition coefficient (Wildman–Crippen LogP) is 3.58. The van der Waals surface area contributed by atoms with E-state index in [-0.39, 0.29) is 17.7 Å². The van der Waals surface area contributed by atoms with Gasteiger partial charge in [-0.25, -0.2) is 13.6 Å². The van der Waals surface area contributed by atoms with Gasteiger partial charge in [-0.15, -0.1) is 0 Å². The summed E-state index contributed by atoms with van der Waals surface area (Å²) in [6.45, 7) is 5.36. The quantitative estimate of drug-likeness (QED) is 0.818. The number of likely N-dealkylation sites (tertiary alicyclic amines) is 1. The molecule has 2 fully saturated rings. The largest absolute Gasteiger partial charge is 0.441 e. The van der Waals surface area contributed by atoms with E-state index >= 15 is 0 Å². The molecule has 2 aliphatic rings. The third-order valence-corrected chi connectivity index (χ3v) is 5.36. The summed E-state index contributed by atoms with van der Waals surface area (Å²) in [5, 5.41) is 0. The van der Waals surface area contributed by atoms with Crippen LogP contribution < -0.4 is 0 Å². The summed E-state index contributed by atoms with van der Waals surface area (Å²) in [4.78, 5) is 28.0. The summed E-state index contributed by atoms with van der Waals surface area (Å²) in [6, 6.07) is 3.08. The number of carbonyl (C=O) groups is 2. The molecule has 2 amide bonds. The van der Waals surface area contributed by atoms with Crippen LogP contribution in [0, 0.1) is 11.6 Å². The van der Waals surface area contributed by atoms with Crippen molar-refractivity contribution in [2.75, 3.05) is 19.6 Å². The second-order valence-electron chi connectivity index (χ2n) is 7.23. The molecule has 1 atom stereocenters. The van der Waals surface area contributed by atoms with Crippen molar-refractivity contribution < 1.29 is 23.1 Å². The fourth-order valence-electron chi connectivity index (χ4n) is 3.77. The molecule has 1 unspecified atom stereocenters. The molecule has 1 spiro atoms. The van der Waals surface area contributed by atoms with Gasteiger partial charge in [0.1, 0.15) is 17.2 Å². The zero-order valence-electron chi connectivity index (χ0n) is 15.1. The zero-order chi connectivity index (χ0) is 18.9. The molecule has 0 aromatic heterocycles. The number of benzene rings is 1. The number of hydrogen-bond acceptors (Lipinski definition) is 3. The topological polar surface area (TPSA) is 49.9 Å². The lowest BCUT2D eigenvalue weighted by Crippen LogP contribution is -2.49. The van der Waals surface area contributed by atoms with Gasteiger partial charge >= 0.3 is 6.09 Å². The SMILES string of the molecule is CCCC(C)N1CC2(CCN(C(=O)c3ccc(F)cc3F)CC2)OC1=O. The Morgan fingerprint density at radius 1 is 1.31 bits per heavy atom. The number of amides is 2. The van der Waals surface area contributed by atoms with Crippen molar-refractivity contribution in [3.63, 3.8) is 0 Å². The third-order valence-electron chi connectivity index (χ3n) is 5.36. The van der Waals surface area contributed by atoms with Gasteiger partial charge in [0.2, 0.25) is 0 Å². The fourth-order valence-corrected chi connectivity index (χ4v) is 3.77. The molecule has 3 rings (SSSR count). The molecular formula is C19H24F2N2O3. The Kier molecular flexibility index (Phi) is 5.16. The predicted molar refractivity (Wildman–Crippen MR) is 91.8 cm³/mol. The molecule has 7 heteroatoms. The van der Waals surface area contributed by atoms with Crippen LogP contribution in [0.5, 0.6) is 0 Å². The van der Waals surface area contributed by atoms with Gasteiger partial charge in [-0.3, -0.25) is 4.79 Å². The summed E-state index contributed by atoms with van der Waals surface area (Å²) < 4.78 is 32.5. The molecule has 2 saturated heterocycles. The fraction of sp³-hybridized carbons (Fsp3) is 0.579. The highest BCUT2D eigenvalue weighted by atomic mass is 19.1. The first-order valence-corrected chi connectivity index (χ1v) is 9.09. The van der Waals surface area contributed by atoms with Crippen molar-refractivity contribution in [2.24, 2.45) is 0 Å². The number of halogens is 2. The van der Waals surface area contributed by atoms with Gasteiger partial charge in [0.15, 0.2) is 0 Å². The van der Waals surface area contributed by atoms with Crippen molar-refractivity contribution in [1.29, 1.82) is 0 Å². The van der Waals surface area contributed by atoms with Crippen LogP contribution in [-0.2, 0) is 4.74 Å². The van der Waals surface area contributed by atoms with E-state index in [1.54, 1.807) is 4.90 Å². The lowest BCUT2D eigenvalue weighted by molar-refractivity contribution is 0.00295. The molecule has 1 aromatic carbocycles. The standard InChI is InChI=1S/C19H24F2N2O3/c1-3-4-13(2)23-12-19(26-18(23)25)7-9-22(10-8-19)17(24)15-6-5-14(20)11-16(15)21/h5-6,11,13H,3-4,7-10,12H2,1-2H3. The maximum Gasteiger partial charge on any atom is 0.410 e. The first-order chi connectivity index (χ1) is 12.3. The minimum atomic E-state index is -0.859. The van der Waals surface area contributed by atoms with Crippen molar-refractivity contribution in [3.05, 3.63) is 35.4 Å². The highest BCUT2D eigenvalue weighted by Crippen LogP contribution is 2.35. The number of piperidine rings is 1. The number of rotatable bonds is 4. The van der Waals surface area contributed by atoms with Gasteiger partial charge in [0.25, 0.3) is 5.91 Å². The Hall–Kier alpha value is -2.18. The van der Waals surface area contributed by atoms with Crippen LogP contribution in [-0.4, -0.2) is 53.1 Å². The molecule has 2 aliphatic heterocycles. The maximum absolute atomic E-state index is 13.9. The van der Waals surface area contributed by atoms with Crippen LogP contribution in [0.25, 0.3) is 0 Å². The van der Waals surface area contributed by atoms with Gasteiger partial charge < -0.3 is 14.5 Å². The maximum atomic E-state index is 13.9. The Balaban J connectivity index is 1.64. The van der Waals surface area contributed by atoms with Crippen LogP contribution in [0.1, 0.15) is 49.9 Å². The Labute approximate surface area is 151 Å². The van der Waals surface area contributed by atoms with E-state index in [9.17, 15) is 18.4 Å². The van der Waals surface area contributed by atoms with E-state index in [0.29, 0.717) is 38.5 Å². The van der Waals surface area contributed by atoms with Crippen molar-refractivity contribution in [1.82, 2.24) is 9.80 Å².